The fourth-order valence-corrected chi connectivity index (χ4v) is 2.57. The van der Waals surface area contributed by atoms with Crippen LogP contribution in [0.5, 0.6) is 0 Å². The number of aliphatic hydroxyl groups excluding tert-OH is 1. The zero-order valence-electron chi connectivity index (χ0n) is 8.97. The van der Waals surface area contributed by atoms with E-state index in [0.29, 0.717) is 10.0 Å². The van der Waals surface area contributed by atoms with Gasteiger partial charge in [-0.05, 0) is 43.5 Å². The first-order valence-electron chi connectivity index (χ1n) is 5.45. The number of halogens is 2. The van der Waals surface area contributed by atoms with Gasteiger partial charge in [0, 0.05) is 5.54 Å². The van der Waals surface area contributed by atoms with E-state index in [1.807, 2.05) is 12.1 Å². The highest BCUT2D eigenvalue weighted by Crippen LogP contribution is 2.27. The van der Waals surface area contributed by atoms with Crippen LogP contribution in [-0.4, -0.2) is 23.8 Å². The van der Waals surface area contributed by atoms with Crippen molar-refractivity contribution in [2.24, 2.45) is 0 Å². The molecule has 1 aromatic rings. The molecule has 0 radical (unpaired) electrons. The van der Waals surface area contributed by atoms with Crippen molar-refractivity contribution in [3.8, 4) is 0 Å². The maximum absolute atomic E-state index is 9.48. The Labute approximate surface area is 106 Å². The van der Waals surface area contributed by atoms with Crippen molar-refractivity contribution in [1.82, 2.24) is 5.32 Å². The molecule has 1 unspecified atom stereocenters. The van der Waals surface area contributed by atoms with E-state index < -0.39 is 0 Å². The summed E-state index contributed by atoms with van der Waals surface area (Å²) in [6.07, 6.45) is 2.91. The highest BCUT2D eigenvalue weighted by molar-refractivity contribution is 6.42. The molecule has 1 aliphatic heterocycles. The second kappa shape index (κ2) is 4.92. The highest BCUT2D eigenvalue weighted by Gasteiger charge is 2.32. The number of rotatable bonds is 3. The van der Waals surface area contributed by atoms with E-state index in [1.54, 1.807) is 6.07 Å². The first-order chi connectivity index (χ1) is 7.65. The van der Waals surface area contributed by atoms with Crippen molar-refractivity contribution in [1.29, 1.82) is 0 Å². The van der Waals surface area contributed by atoms with Crippen LogP contribution in [0.25, 0.3) is 0 Å². The second-order valence-corrected chi connectivity index (χ2v) is 5.21. The summed E-state index contributed by atoms with van der Waals surface area (Å²) in [4.78, 5) is 0. The minimum atomic E-state index is -0.169. The quantitative estimate of drug-likeness (QED) is 0.875. The summed E-state index contributed by atoms with van der Waals surface area (Å²) in [5.41, 5.74) is 0.940. The predicted molar refractivity (Wildman–Crippen MR) is 67.2 cm³/mol. The van der Waals surface area contributed by atoms with Crippen LogP contribution in [0, 0.1) is 0 Å². The smallest absolute Gasteiger partial charge is 0.0616 e. The highest BCUT2D eigenvalue weighted by atomic mass is 35.5. The monoisotopic (exact) mass is 259 g/mol. The number of nitrogens with one attached hydrogen (secondary N) is 1. The molecule has 1 heterocycles. The summed E-state index contributed by atoms with van der Waals surface area (Å²) < 4.78 is 0. The first-order valence-corrected chi connectivity index (χ1v) is 6.21. The minimum Gasteiger partial charge on any atom is -0.394 e. The first kappa shape index (κ1) is 12.2. The van der Waals surface area contributed by atoms with E-state index in [-0.39, 0.29) is 12.1 Å². The average Bonchev–Trinajstić information content (AvgIpc) is 2.73. The van der Waals surface area contributed by atoms with E-state index in [9.17, 15) is 5.11 Å². The standard InChI is InChI=1S/C12H15Cl2NO/c13-10-3-2-9(6-11(10)14)7-12(8-16)4-1-5-15-12/h2-3,6,15-16H,1,4-5,7-8H2. The molecule has 0 bridgehead atoms. The van der Waals surface area contributed by atoms with Crippen molar-refractivity contribution in [2.75, 3.05) is 13.2 Å². The van der Waals surface area contributed by atoms with Crippen LogP contribution in [0.2, 0.25) is 10.0 Å². The van der Waals surface area contributed by atoms with Crippen LogP contribution in [0.1, 0.15) is 18.4 Å². The van der Waals surface area contributed by atoms with Gasteiger partial charge in [0.2, 0.25) is 0 Å². The Hall–Kier alpha value is -0.280. The molecule has 0 amide bonds. The summed E-state index contributed by atoms with van der Waals surface area (Å²) in [5, 5.41) is 14.0. The largest absolute Gasteiger partial charge is 0.394 e. The molecule has 1 fully saturated rings. The molecule has 0 aliphatic carbocycles. The maximum Gasteiger partial charge on any atom is 0.0616 e. The van der Waals surface area contributed by atoms with Gasteiger partial charge in [0.05, 0.1) is 16.7 Å². The Bertz CT molecular complexity index is 375. The molecule has 0 saturated carbocycles. The molecule has 1 saturated heterocycles. The summed E-state index contributed by atoms with van der Waals surface area (Å²) in [5.74, 6) is 0. The van der Waals surface area contributed by atoms with Gasteiger partial charge in [0.25, 0.3) is 0 Å². The van der Waals surface area contributed by atoms with Crippen LogP contribution in [0.4, 0.5) is 0 Å². The number of aliphatic hydroxyl groups is 1. The normalized spacial score (nSPS) is 24.9. The summed E-state index contributed by atoms with van der Waals surface area (Å²) in [6, 6.07) is 5.65. The van der Waals surface area contributed by atoms with E-state index in [1.165, 1.54) is 0 Å². The third-order valence-electron chi connectivity index (χ3n) is 3.16. The molecule has 1 atom stereocenters. The molecule has 0 aromatic heterocycles. The molecule has 2 nitrogen and oxygen atoms in total. The van der Waals surface area contributed by atoms with Gasteiger partial charge in [-0.1, -0.05) is 29.3 Å². The molecule has 1 aromatic carbocycles. The average molecular weight is 260 g/mol. The topological polar surface area (TPSA) is 32.3 Å². The van der Waals surface area contributed by atoms with Gasteiger partial charge in [-0.25, -0.2) is 0 Å². The molecule has 88 valence electrons. The van der Waals surface area contributed by atoms with E-state index in [4.69, 9.17) is 23.2 Å². The van der Waals surface area contributed by atoms with Gasteiger partial charge >= 0.3 is 0 Å². The van der Waals surface area contributed by atoms with E-state index >= 15 is 0 Å². The van der Waals surface area contributed by atoms with E-state index in [0.717, 1.165) is 31.4 Å². The lowest BCUT2D eigenvalue weighted by atomic mass is 9.90. The summed E-state index contributed by atoms with van der Waals surface area (Å²) >= 11 is 11.8. The molecule has 16 heavy (non-hydrogen) atoms. The van der Waals surface area contributed by atoms with Crippen molar-refractivity contribution in [3.05, 3.63) is 33.8 Å². The van der Waals surface area contributed by atoms with Gasteiger partial charge in [0.15, 0.2) is 0 Å². The van der Waals surface area contributed by atoms with Crippen molar-refractivity contribution >= 4 is 23.2 Å². The Balaban J connectivity index is 2.16. The molecule has 4 heteroatoms. The molecule has 2 rings (SSSR count). The van der Waals surface area contributed by atoms with Gasteiger partial charge in [-0.3, -0.25) is 0 Å². The maximum atomic E-state index is 9.48. The molecule has 0 spiro atoms. The fourth-order valence-electron chi connectivity index (χ4n) is 2.25. The van der Waals surface area contributed by atoms with Crippen LogP contribution >= 0.6 is 23.2 Å². The SMILES string of the molecule is OCC1(Cc2ccc(Cl)c(Cl)c2)CCCN1. The van der Waals surface area contributed by atoms with Gasteiger partial charge < -0.3 is 10.4 Å². The van der Waals surface area contributed by atoms with Crippen molar-refractivity contribution in [2.45, 2.75) is 24.8 Å². The lowest BCUT2D eigenvalue weighted by Crippen LogP contribution is -2.45. The lowest BCUT2D eigenvalue weighted by molar-refractivity contribution is 0.177. The van der Waals surface area contributed by atoms with Crippen LogP contribution in [-0.2, 0) is 6.42 Å². The second-order valence-electron chi connectivity index (χ2n) is 4.39. The molecule has 2 N–H and O–H groups in total. The summed E-state index contributed by atoms with van der Waals surface area (Å²) in [6.45, 7) is 1.13. The Morgan fingerprint density at radius 3 is 2.69 bits per heavy atom. The Kier molecular flexibility index (Phi) is 3.75. The summed E-state index contributed by atoms with van der Waals surface area (Å²) in [7, 11) is 0. The van der Waals surface area contributed by atoms with Gasteiger partial charge in [-0.2, -0.15) is 0 Å². The van der Waals surface area contributed by atoms with Gasteiger partial charge in [-0.15, -0.1) is 0 Å². The number of hydrogen-bond donors (Lipinski definition) is 2. The van der Waals surface area contributed by atoms with Crippen LogP contribution in [0.15, 0.2) is 18.2 Å². The zero-order chi connectivity index (χ0) is 11.6. The van der Waals surface area contributed by atoms with Crippen LogP contribution in [0.3, 0.4) is 0 Å². The zero-order valence-corrected chi connectivity index (χ0v) is 10.5. The number of benzene rings is 1. The lowest BCUT2D eigenvalue weighted by Gasteiger charge is -2.27. The Morgan fingerprint density at radius 1 is 1.31 bits per heavy atom. The third-order valence-corrected chi connectivity index (χ3v) is 3.90. The predicted octanol–water partition coefficient (Wildman–Crippen LogP) is 2.65. The van der Waals surface area contributed by atoms with Crippen molar-refractivity contribution < 1.29 is 5.11 Å². The third kappa shape index (κ3) is 2.51. The van der Waals surface area contributed by atoms with Crippen molar-refractivity contribution in [3.63, 3.8) is 0 Å². The minimum absolute atomic E-state index is 0.160. The van der Waals surface area contributed by atoms with Gasteiger partial charge in [0.1, 0.15) is 0 Å². The fraction of sp³-hybridized carbons (Fsp3) is 0.500. The molecular weight excluding hydrogens is 245 g/mol. The van der Waals surface area contributed by atoms with Crippen LogP contribution < -0.4 is 5.32 Å². The Morgan fingerprint density at radius 2 is 2.12 bits per heavy atom. The molecule has 1 aliphatic rings. The van der Waals surface area contributed by atoms with E-state index in [2.05, 4.69) is 5.32 Å². The number of hydrogen-bond acceptors (Lipinski definition) is 2. The molecular formula is C12H15Cl2NO.